The molecule has 0 spiro atoms. The minimum absolute atomic E-state index is 0.0708. The summed E-state index contributed by atoms with van der Waals surface area (Å²) < 4.78 is 14.1. The van der Waals surface area contributed by atoms with Crippen LogP contribution in [-0.2, 0) is 16.1 Å². The Morgan fingerprint density at radius 2 is 1.83 bits per heavy atom. The molecule has 0 aliphatic heterocycles. The Morgan fingerprint density at radius 1 is 1.14 bits per heavy atom. The molecule has 6 heteroatoms. The van der Waals surface area contributed by atoms with Gasteiger partial charge in [0.2, 0.25) is 11.8 Å². The number of carbonyl (C=O) groups excluding carboxylic acids is 2. The highest BCUT2D eigenvalue weighted by Gasteiger charge is 2.26. The van der Waals surface area contributed by atoms with Crippen LogP contribution in [-0.4, -0.2) is 35.1 Å². The Labute approximate surface area is 176 Å². The van der Waals surface area contributed by atoms with Crippen molar-refractivity contribution in [1.29, 1.82) is 0 Å². The molecule has 0 saturated heterocycles. The fourth-order valence-electron chi connectivity index (χ4n) is 2.82. The normalized spacial score (nSPS) is 11.7. The summed E-state index contributed by atoms with van der Waals surface area (Å²) in [5.74, 6) is -0.158. The lowest BCUT2D eigenvalue weighted by atomic mass is 10.1. The first-order chi connectivity index (χ1) is 13.9. The van der Waals surface area contributed by atoms with Crippen molar-refractivity contribution >= 4 is 23.6 Å². The van der Waals surface area contributed by atoms with Gasteiger partial charge >= 0.3 is 0 Å². The van der Waals surface area contributed by atoms with E-state index in [0.29, 0.717) is 17.9 Å². The molecule has 0 aromatic heterocycles. The first-order valence-electron chi connectivity index (χ1n) is 9.92. The lowest BCUT2D eigenvalue weighted by Crippen LogP contribution is -2.48. The minimum Gasteiger partial charge on any atom is -0.354 e. The monoisotopic (exact) mass is 416 g/mol. The predicted octanol–water partition coefficient (Wildman–Crippen LogP) is 4.56. The fraction of sp³-hybridized carbons (Fsp3) is 0.391. The van der Waals surface area contributed by atoms with Crippen LogP contribution in [0.5, 0.6) is 0 Å². The van der Waals surface area contributed by atoms with Crippen LogP contribution >= 0.6 is 11.8 Å². The van der Waals surface area contributed by atoms with Crippen LogP contribution in [0.3, 0.4) is 0 Å². The van der Waals surface area contributed by atoms with E-state index in [2.05, 4.69) is 5.32 Å². The number of rotatable bonds is 10. The van der Waals surface area contributed by atoms with Crippen LogP contribution in [0, 0.1) is 12.7 Å². The molecule has 0 saturated carbocycles. The second-order valence-corrected chi connectivity index (χ2v) is 8.16. The average Bonchev–Trinajstić information content (AvgIpc) is 2.72. The van der Waals surface area contributed by atoms with E-state index in [1.807, 2.05) is 38.1 Å². The third-order valence-electron chi connectivity index (χ3n) is 4.62. The van der Waals surface area contributed by atoms with Crippen molar-refractivity contribution in [3.05, 3.63) is 65.5 Å². The van der Waals surface area contributed by atoms with Crippen molar-refractivity contribution in [3.63, 3.8) is 0 Å². The molecule has 1 N–H and O–H groups in total. The Kier molecular flexibility index (Phi) is 9.19. The van der Waals surface area contributed by atoms with E-state index in [0.717, 1.165) is 11.3 Å². The van der Waals surface area contributed by atoms with Crippen LogP contribution in [0.25, 0.3) is 0 Å². The van der Waals surface area contributed by atoms with Gasteiger partial charge in [-0.3, -0.25) is 9.59 Å². The highest BCUT2D eigenvalue weighted by Crippen LogP contribution is 2.21. The summed E-state index contributed by atoms with van der Waals surface area (Å²) >= 11 is 1.60. The lowest BCUT2D eigenvalue weighted by Gasteiger charge is -2.29. The summed E-state index contributed by atoms with van der Waals surface area (Å²) in [6.45, 7) is 6.31. The molecule has 2 aromatic rings. The van der Waals surface area contributed by atoms with E-state index < -0.39 is 6.04 Å². The maximum Gasteiger partial charge on any atom is 0.242 e. The van der Waals surface area contributed by atoms with Gasteiger partial charge in [-0.1, -0.05) is 42.8 Å². The predicted molar refractivity (Wildman–Crippen MR) is 116 cm³/mol. The zero-order valence-corrected chi connectivity index (χ0v) is 18.1. The molecule has 2 amide bonds. The number of nitrogens with one attached hydrogen (secondary N) is 1. The van der Waals surface area contributed by atoms with Gasteiger partial charge in [0.1, 0.15) is 11.9 Å². The molecule has 0 bridgehead atoms. The van der Waals surface area contributed by atoms with Crippen LogP contribution in [0.1, 0.15) is 37.8 Å². The zero-order valence-electron chi connectivity index (χ0n) is 17.3. The molecule has 2 aromatic carbocycles. The molecule has 0 heterocycles. The number of hydrogen-bond donors (Lipinski definition) is 1. The number of benzene rings is 2. The van der Waals surface area contributed by atoms with Crippen molar-refractivity contribution in [1.82, 2.24) is 10.2 Å². The van der Waals surface area contributed by atoms with Gasteiger partial charge in [0, 0.05) is 35.7 Å². The maximum atomic E-state index is 14.1. The third kappa shape index (κ3) is 7.20. The molecule has 1 atom stereocenters. The Hall–Kier alpha value is -2.34. The summed E-state index contributed by atoms with van der Waals surface area (Å²) in [4.78, 5) is 27.9. The number of hydrogen-bond acceptors (Lipinski definition) is 3. The van der Waals surface area contributed by atoms with Gasteiger partial charge in [-0.2, -0.15) is 0 Å². The molecule has 29 heavy (non-hydrogen) atoms. The first-order valence-corrected chi connectivity index (χ1v) is 10.9. The van der Waals surface area contributed by atoms with Crippen LogP contribution in [0.2, 0.25) is 0 Å². The summed E-state index contributed by atoms with van der Waals surface area (Å²) in [7, 11) is 0. The maximum absolute atomic E-state index is 14.1. The summed E-state index contributed by atoms with van der Waals surface area (Å²) in [6.07, 6.45) is 1.09. The van der Waals surface area contributed by atoms with Crippen molar-refractivity contribution in [3.8, 4) is 0 Å². The van der Waals surface area contributed by atoms with Gasteiger partial charge in [-0.05, 0) is 38.5 Å². The van der Waals surface area contributed by atoms with E-state index in [-0.39, 0.29) is 30.6 Å². The standard InChI is InChI=1S/C23H29FN2O2S/c1-4-14-25-23(28)18(3)26(16-19-7-5-6-8-21(19)24)22(27)13-15-29-20-11-9-17(2)10-12-20/h5-12,18H,4,13-16H2,1-3H3,(H,25,28). The van der Waals surface area contributed by atoms with Gasteiger partial charge in [-0.15, -0.1) is 11.8 Å². The molecule has 2 rings (SSSR count). The van der Waals surface area contributed by atoms with Crippen molar-refractivity contribution in [2.75, 3.05) is 12.3 Å². The lowest BCUT2D eigenvalue weighted by molar-refractivity contribution is -0.140. The van der Waals surface area contributed by atoms with Crippen molar-refractivity contribution in [2.24, 2.45) is 0 Å². The number of nitrogens with zero attached hydrogens (tertiary/aromatic N) is 1. The molecular formula is C23H29FN2O2S. The van der Waals surface area contributed by atoms with Crippen LogP contribution < -0.4 is 5.32 Å². The highest BCUT2D eigenvalue weighted by molar-refractivity contribution is 7.99. The van der Waals surface area contributed by atoms with Gasteiger partial charge in [0.25, 0.3) is 0 Å². The van der Waals surface area contributed by atoms with Crippen molar-refractivity contribution in [2.45, 2.75) is 51.1 Å². The molecule has 156 valence electrons. The van der Waals surface area contributed by atoms with E-state index in [9.17, 15) is 14.0 Å². The SMILES string of the molecule is CCCNC(=O)C(C)N(Cc1ccccc1F)C(=O)CCSc1ccc(C)cc1. The number of carbonyl (C=O) groups is 2. The van der Waals surface area contributed by atoms with Gasteiger partial charge in [-0.25, -0.2) is 4.39 Å². The van der Waals surface area contributed by atoms with Crippen LogP contribution in [0.4, 0.5) is 4.39 Å². The second kappa shape index (κ2) is 11.6. The molecule has 0 aliphatic carbocycles. The summed E-state index contributed by atoms with van der Waals surface area (Å²) in [5.41, 5.74) is 1.59. The molecule has 1 unspecified atom stereocenters. The molecule has 4 nitrogen and oxygen atoms in total. The summed E-state index contributed by atoms with van der Waals surface area (Å²) in [5, 5.41) is 2.82. The number of thioether (sulfide) groups is 1. The van der Waals surface area contributed by atoms with Gasteiger partial charge in [0.15, 0.2) is 0 Å². The van der Waals surface area contributed by atoms with Gasteiger partial charge in [0.05, 0.1) is 0 Å². The summed E-state index contributed by atoms with van der Waals surface area (Å²) in [6, 6.07) is 13.8. The third-order valence-corrected chi connectivity index (χ3v) is 5.63. The second-order valence-electron chi connectivity index (χ2n) is 6.99. The molecule has 0 fully saturated rings. The Morgan fingerprint density at radius 3 is 2.48 bits per heavy atom. The minimum atomic E-state index is -0.668. The van der Waals surface area contributed by atoms with E-state index in [4.69, 9.17) is 0 Å². The largest absolute Gasteiger partial charge is 0.354 e. The fourth-order valence-corrected chi connectivity index (χ4v) is 3.66. The van der Waals surface area contributed by atoms with Gasteiger partial charge < -0.3 is 10.2 Å². The Bertz CT molecular complexity index is 811. The average molecular weight is 417 g/mol. The topological polar surface area (TPSA) is 49.4 Å². The Balaban J connectivity index is 2.05. The highest BCUT2D eigenvalue weighted by atomic mass is 32.2. The molecule has 0 aliphatic rings. The quantitative estimate of drug-likeness (QED) is 0.578. The number of halogens is 1. The van der Waals surface area contributed by atoms with Crippen molar-refractivity contribution < 1.29 is 14.0 Å². The van der Waals surface area contributed by atoms with E-state index >= 15 is 0 Å². The molecule has 0 radical (unpaired) electrons. The van der Waals surface area contributed by atoms with Crippen LogP contribution in [0.15, 0.2) is 53.4 Å². The first kappa shape index (κ1) is 22.9. The van der Waals surface area contributed by atoms with E-state index in [1.54, 1.807) is 36.9 Å². The van der Waals surface area contributed by atoms with E-state index in [1.165, 1.54) is 16.5 Å². The number of amides is 2. The zero-order chi connectivity index (χ0) is 21.2. The number of aryl methyl sites for hydroxylation is 1. The smallest absolute Gasteiger partial charge is 0.242 e. The molecular weight excluding hydrogens is 387 g/mol.